The summed E-state index contributed by atoms with van der Waals surface area (Å²) in [6.07, 6.45) is 0.694. The zero-order valence-electron chi connectivity index (χ0n) is 56.4. The van der Waals surface area contributed by atoms with E-state index in [2.05, 4.69) is 170 Å². The van der Waals surface area contributed by atoms with Gasteiger partial charge in [0.15, 0.2) is 0 Å². The molecule has 10 aromatic rings. The van der Waals surface area contributed by atoms with Crippen molar-refractivity contribution in [3.05, 3.63) is 252 Å². The van der Waals surface area contributed by atoms with Gasteiger partial charge >= 0.3 is 0 Å². The number of rotatable bonds is 35. The molecule has 16 heteroatoms. The van der Waals surface area contributed by atoms with Gasteiger partial charge in [-0.3, -0.25) is 0 Å². The molecule has 0 amide bonds. The largest absolute Gasteiger partial charge is 0.491 e. The van der Waals surface area contributed by atoms with Crippen LogP contribution in [0, 0.1) is 0 Å². The summed E-state index contributed by atoms with van der Waals surface area (Å²) in [7, 11) is 0. The van der Waals surface area contributed by atoms with Crippen molar-refractivity contribution in [1.82, 2.24) is 0 Å². The Balaban J connectivity index is 0.00000787. The smallest absolute Gasteiger partial charge is 0.123 e. The third kappa shape index (κ3) is 17.0. The maximum absolute atomic E-state index is 6.85. The van der Waals surface area contributed by atoms with E-state index in [4.69, 9.17) is 75.8 Å². The maximum atomic E-state index is 6.85. The Morgan fingerprint density at radius 2 is 0.379 bits per heavy atom. The number of ether oxygens (including phenoxy) is 16. The van der Waals surface area contributed by atoms with E-state index in [0.717, 1.165) is 161 Å². The molecule has 8 atom stereocenters. The highest BCUT2D eigenvalue weighted by molar-refractivity contribution is 5.75. The highest BCUT2D eigenvalue weighted by Gasteiger charge is 2.34. The second kappa shape index (κ2) is 29.9. The van der Waals surface area contributed by atoms with Gasteiger partial charge in [0.25, 0.3) is 0 Å². The molecule has 16 nitrogen and oxygen atoms in total. The first-order valence-corrected chi connectivity index (χ1v) is 35.5. The molecule has 8 fully saturated rings. The minimum atomic E-state index is -0.394. The summed E-state index contributed by atoms with van der Waals surface area (Å²) in [5, 5.41) is 0. The van der Waals surface area contributed by atoms with E-state index in [0.29, 0.717) is 79.3 Å². The quantitative estimate of drug-likeness (QED) is 0.0271. The Bertz CT molecular complexity index is 4000. The fourth-order valence-corrected chi connectivity index (χ4v) is 12.9. The molecule has 0 radical (unpaired) electrons. The van der Waals surface area contributed by atoms with Crippen LogP contribution in [0.1, 0.15) is 52.6 Å². The average Bonchev–Trinajstić information content (AvgIpc) is 1.76. The second-order valence-corrected chi connectivity index (χ2v) is 27.3. The van der Waals surface area contributed by atoms with Crippen molar-refractivity contribution in [3.63, 3.8) is 0 Å². The Morgan fingerprint density at radius 1 is 0.214 bits per heavy atom. The highest BCUT2D eigenvalue weighted by Crippen LogP contribution is 2.48. The fourth-order valence-electron chi connectivity index (χ4n) is 12.9. The second-order valence-electron chi connectivity index (χ2n) is 27.3. The molecule has 0 spiro atoms. The molecule has 8 aliphatic rings. The lowest BCUT2D eigenvalue weighted by Gasteiger charge is -2.26. The predicted molar refractivity (Wildman–Crippen MR) is 390 cm³/mol. The number of hydrogen-bond acceptors (Lipinski definition) is 16. The van der Waals surface area contributed by atoms with Gasteiger partial charge in [-0.15, -0.1) is 0 Å². The highest BCUT2D eigenvalue weighted by atomic mass is 16.6. The van der Waals surface area contributed by atoms with Crippen molar-refractivity contribution in [2.75, 3.05) is 106 Å². The van der Waals surface area contributed by atoms with Crippen LogP contribution in [0.5, 0.6) is 46.0 Å². The van der Waals surface area contributed by atoms with E-state index < -0.39 is 11.8 Å². The van der Waals surface area contributed by atoms with Gasteiger partial charge in [-0.25, -0.2) is 0 Å². The fraction of sp³-hybridized carbons (Fsp3) is 0.310. The standard InChI is InChI=1S/C86H78O16.CH4/c1-5-59(85(77-33-61(17-29-81(77)99-49-73-45-95-73)55-9-21-65(22-10-55)87-37-69-41-91-69)78-34-62(18-30-82(78)100-50-74-46-96-74)56-11-23-66(24-12-56)88-38-70-42-92-70)6-2-53(1)54-3-7-60(8-4-54)86(79-35-63(19-31-83(79)101-51-75-47-97-75)57-13-25-67(26-14-57)89-39-71-43-93-71)80-36-64(20-32-84(80)102-52-76-48-98-76)58-15-27-68(28-16-58)90-40-72-44-94-72;/h1-36,69-76,85-86H,37-52H2;1H4. The molecule has 8 saturated heterocycles. The van der Waals surface area contributed by atoms with Crippen LogP contribution in [-0.2, 0) is 37.9 Å². The van der Waals surface area contributed by atoms with Crippen molar-refractivity contribution in [3.8, 4) is 102 Å². The predicted octanol–water partition coefficient (Wildman–Crippen LogP) is 15.2. The van der Waals surface area contributed by atoms with Crippen molar-refractivity contribution < 1.29 is 75.8 Å². The lowest BCUT2D eigenvalue weighted by Crippen LogP contribution is -2.13. The Hall–Kier alpha value is -9.72. The molecule has 0 bridgehead atoms. The zero-order chi connectivity index (χ0) is 67.7. The van der Waals surface area contributed by atoms with E-state index in [1.807, 2.05) is 48.5 Å². The summed E-state index contributed by atoms with van der Waals surface area (Å²) in [6.45, 7) is 9.34. The lowest BCUT2D eigenvalue weighted by molar-refractivity contribution is 0.258. The van der Waals surface area contributed by atoms with Crippen LogP contribution in [0.15, 0.2) is 218 Å². The summed E-state index contributed by atoms with van der Waals surface area (Å²) in [5.41, 5.74) is 16.3. The molecule has 8 aliphatic heterocycles. The SMILES string of the molecule is C.c1cc(-c2ccc(OCC3CO3)c(C(c3ccc(-c4ccc(C(c5cc(-c6ccc(OCC7CO7)cc6)ccc5OCC5CO5)c5cc(-c6ccc(OCC7CO7)cc6)ccc5OCC5CO5)cc4)cc3)c3cc(-c4ccc(OCC5CO5)cc4)ccc3OCC3CO3)c2)ccc1OCC1CO1. The Kier molecular flexibility index (Phi) is 19.3. The summed E-state index contributed by atoms with van der Waals surface area (Å²) in [4.78, 5) is 0. The van der Waals surface area contributed by atoms with Gasteiger partial charge < -0.3 is 75.8 Å². The molecule has 8 heterocycles. The monoisotopic (exact) mass is 1380 g/mol. The zero-order valence-corrected chi connectivity index (χ0v) is 56.4. The van der Waals surface area contributed by atoms with Crippen LogP contribution in [-0.4, -0.2) is 155 Å². The molecular formula is C87H82O16. The van der Waals surface area contributed by atoms with Crippen molar-refractivity contribution in [2.24, 2.45) is 0 Å². The minimum absolute atomic E-state index is 0. The van der Waals surface area contributed by atoms with Crippen LogP contribution in [0.2, 0.25) is 0 Å². The molecule has 10 aromatic carbocycles. The van der Waals surface area contributed by atoms with Gasteiger partial charge in [-0.05, 0) is 164 Å². The van der Waals surface area contributed by atoms with Crippen molar-refractivity contribution in [1.29, 1.82) is 0 Å². The van der Waals surface area contributed by atoms with Gasteiger partial charge in [0, 0.05) is 34.1 Å². The number of hydrogen-bond donors (Lipinski definition) is 0. The first-order valence-electron chi connectivity index (χ1n) is 35.5. The first-order chi connectivity index (χ1) is 50.4. The topological polar surface area (TPSA) is 174 Å². The van der Waals surface area contributed by atoms with Gasteiger partial charge in [0.1, 0.15) is 148 Å². The van der Waals surface area contributed by atoms with E-state index in [1.54, 1.807) is 0 Å². The average molecular weight is 1380 g/mol. The molecule has 18 rings (SSSR count). The van der Waals surface area contributed by atoms with E-state index in [-0.39, 0.29) is 56.3 Å². The third-order valence-electron chi connectivity index (χ3n) is 19.5. The molecule has 103 heavy (non-hydrogen) atoms. The van der Waals surface area contributed by atoms with E-state index >= 15 is 0 Å². The molecule has 0 aliphatic carbocycles. The maximum Gasteiger partial charge on any atom is 0.123 e. The molecule has 0 N–H and O–H groups in total. The third-order valence-corrected chi connectivity index (χ3v) is 19.5. The van der Waals surface area contributed by atoms with E-state index in [1.165, 1.54) is 0 Å². The normalized spacial score (nSPS) is 21.7. The van der Waals surface area contributed by atoms with Crippen LogP contribution in [0.4, 0.5) is 0 Å². The molecular weight excluding hydrogens is 1300 g/mol. The number of epoxide rings is 8. The van der Waals surface area contributed by atoms with Crippen molar-refractivity contribution >= 4 is 0 Å². The Labute approximate surface area is 600 Å². The Morgan fingerprint density at radius 3 is 0.573 bits per heavy atom. The van der Waals surface area contributed by atoms with Gasteiger partial charge in [0.2, 0.25) is 0 Å². The van der Waals surface area contributed by atoms with Crippen molar-refractivity contribution in [2.45, 2.75) is 68.1 Å². The molecule has 8 unspecified atom stereocenters. The van der Waals surface area contributed by atoms with Crippen LogP contribution < -0.4 is 37.9 Å². The lowest BCUT2D eigenvalue weighted by atomic mass is 9.81. The summed E-state index contributed by atoms with van der Waals surface area (Å²) in [6, 6.07) is 77.1. The van der Waals surface area contributed by atoms with Crippen LogP contribution >= 0.6 is 0 Å². The summed E-state index contributed by atoms with van der Waals surface area (Å²) in [5.74, 6) is 5.41. The molecule has 0 aromatic heterocycles. The number of benzene rings is 10. The minimum Gasteiger partial charge on any atom is -0.491 e. The van der Waals surface area contributed by atoms with E-state index in [9.17, 15) is 0 Å². The summed E-state index contributed by atoms with van der Waals surface area (Å²) < 4.78 is 96.5. The summed E-state index contributed by atoms with van der Waals surface area (Å²) >= 11 is 0. The van der Waals surface area contributed by atoms with Crippen LogP contribution in [0.25, 0.3) is 55.6 Å². The first kappa shape index (κ1) is 66.5. The van der Waals surface area contributed by atoms with Gasteiger partial charge in [-0.1, -0.05) is 129 Å². The molecule has 526 valence electrons. The van der Waals surface area contributed by atoms with Gasteiger partial charge in [0.05, 0.1) is 52.9 Å². The van der Waals surface area contributed by atoms with Gasteiger partial charge in [-0.2, -0.15) is 0 Å². The molecule has 0 saturated carbocycles. The van der Waals surface area contributed by atoms with Crippen LogP contribution in [0.3, 0.4) is 0 Å².